The van der Waals surface area contributed by atoms with Crippen LogP contribution in [0.3, 0.4) is 0 Å². The first-order valence-electron chi connectivity index (χ1n) is 9.75. The second kappa shape index (κ2) is 11.5. The Bertz CT molecular complexity index is 1100. The highest BCUT2D eigenvalue weighted by Gasteiger charge is 2.09. The van der Waals surface area contributed by atoms with E-state index in [1.54, 1.807) is 42.5 Å². The summed E-state index contributed by atoms with van der Waals surface area (Å²) in [6, 6.07) is 21.5. The van der Waals surface area contributed by atoms with Crippen molar-refractivity contribution in [3.8, 4) is 11.5 Å². The fourth-order valence-electron chi connectivity index (χ4n) is 2.73. The third-order valence-electron chi connectivity index (χ3n) is 4.29. The SMILES string of the molecule is COc1cccc(NC(=O)CC(=O)NN=Cc2ccccc2OCc2ccc(Cl)cc2)c1. The van der Waals surface area contributed by atoms with Crippen molar-refractivity contribution < 1.29 is 19.1 Å². The number of hydrogen-bond acceptors (Lipinski definition) is 5. The molecule has 164 valence electrons. The highest BCUT2D eigenvalue weighted by Crippen LogP contribution is 2.19. The van der Waals surface area contributed by atoms with Gasteiger partial charge in [0.1, 0.15) is 24.5 Å². The molecule has 0 saturated carbocycles. The molecule has 0 spiro atoms. The summed E-state index contributed by atoms with van der Waals surface area (Å²) in [6.07, 6.45) is 1.10. The molecule has 0 atom stereocenters. The van der Waals surface area contributed by atoms with Gasteiger partial charge < -0.3 is 14.8 Å². The van der Waals surface area contributed by atoms with Crippen LogP contribution in [0.15, 0.2) is 77.9 Å². The van der Waals surface area contributed by atoms with Gasteiger partial charge in [0.25, 0.3) is 0 Å². The van der Waals surface area contributed by atoms with Gasteiger partial charge in [-0.3, -0.25) is 9.59 Å². The van der Waals surface area contributed by atoms with E-state index in [0.29, 0.717) is 34.4 Å². The highest BCUT2D eigenvalue weighted by molar-refractivity contribution is 6.30. The van der Waals surface area contributed by atoms with Gasteiger partial charge in [0, 0.05) is 22.3 Å². The van der Waals surface area contributed by atoms with E-state index in [9.17, 15) is 9.59 Å². The molecule has 0 fully saturated rings. The topological polar surface area (TPSA) is 89.0 Å². The van der Waals surface area contributed by atoms with E-state index in [1.807, 2.05) is 30.3 Å². The number of methoxy groups -OCH3 is 1. The third kappa shape index (κ3) is 7.14. The fourth-order valence-corrected chi connectivity index (χ4v) is 2.85. The zero-order valence-electron chi connectivity index (χ0n) is 17.4. The molecular formula is C24H22ClN3O4. The number of amides is 2. The molecule has 7 nitrogen and oxygen atoms in total. The molecule has 0 bridgehead atoms. The third-order valence-corrected chi connectivity index (χ3v) is 4.55. The van der Waals surface area contributed by atoms with E-state index >= 15 is 0 Å². The number of carbonyl (C=O) groups is 2. The van der Waals surface area contributed by atoms with Crippen LogP contribution in [0, 0.1) is 0 Å². The first-order chi connectivity index (χ1) is 15.5. The highest BCUT2D eigenvalue weighted by atomic mass is 35.5. The number of nitrogens with one attached hydrogen (secondary N) is 2. The average molecular weight is 452 g/mol. The number of anilines is 1. The van der Waals surface area contributed by atoms with Gasteiger partial charge in [0.05, 0.1) is 13.3 Å². The lowest BCUT2D eigenvalue weighted by atomic mass is 10.2. The van der Waals surface area contributed by atoms with Gasteiger partial charge in [0.2, 0.25) is 11.8 Å². The van der Waals surface area contributed by atoms with Crippen molar-refractivity contribution in [3.63, 3.8) is 0 Å². The number of ether oxygens (including phenoxy) is 2. The predicted molar refractivity (Wildman–Crippen MR) is 124 cm³/mol. The Morgan fingerprint density at radius 2 is 1.78 bits per heavy atom. The standard InChI is InChI=1S/C24H22ClN3O4/c1-31-21-7-4-6-20(13-21)27-23(29)14-24(30)28-26-15-18-5-2-3-8-22(18)32-16-17-9-11-19(25)12-10-17/h2-13,15H,14,16H2,1H3,(H,27,29)(H,28,30). The van der Waals surface area contributed by atoms with E-state index in [0.717, 1.165) is 5.56 Å². The van der Waals surface area contributed by atoms with Crippen LogP contribution < -0.4 is 20.2 Å². The summed E-state index contributed by atoms with van der Waals surface area (Å²) in [5, 5.41) is 7.24. The quantitative estimate of drug-likeness (QED) is 0.286. The Hall–Kier alpha value is -3.84. The van der Waals surface area contributed by atoms with Crippen LogP contribution in [-0.2, 0) is 16.2 Å². The van der Waals surface area contributed by atoms with Gasteiger partial charge in [-0.1, -0.05) is 41.9 Å². The van der Waals surface area contributed by atoms with Crippen molar-refractivity contribution in [2.75, 3.05) is 12.4 Å². The summed E-state index contributed by atoms with van der Waals surface area (Å²) < 4.78 is 11.0. The normalized spacial score (nSPS) is 10.6. The van der Waals surface area contributed by atoms with E-state index in [2.05, 4.69) is 15.8 Å². The second-order valence-corrected chi connectivity index (χ2v) is 7.14. The van der Waals surface area contributed by atoms with Crippen LogP contribution in [0.2, 0.25) is 5.02 Å². The molecule has 0 aromatic heterocycles. The van der Waals surface area contributed by atoms with E-state index in [-0.39, 0.29) is 6.42 Å². The van der Waals surface area contributed by atoms with Gasteiger partial charge >= 0.3 is 0 Å². The van der Waals surface area contributed by atoms with Crippen LogP contribution >= 0.6 is 11.6 Å². The average Bonchev–Trinajstić information content (AvgIpc) is 2.79. The molecule has 0 aliphatic carbocycles. The minimum atomic E-state index is -0.541. The van der Waals surface area contributed by atoms with Crippen molar-refractivity contribution >= 4 is 35.3 Å². The fraction of sp³-hybridized carbons (Fsp3) is 0.125. The number of nitrogens with zero attached hydrogens (tertiary/aromatic N) is 1. The van der Waals surface area contributed by atoms with Gasteiger partial charge in [-0.25, -0.2) is 5.43 Å². The number of hydrazone groups is 1. The molecule has 3 aromatic carbocycles. The Labute approximate surface area is 191 Å². The predicted octanol–water partition coefficient (Wildman–Crippen LogP) is 4.41. The molecule has 8 heteroatoms. The van der Waals surface area contributed by atoms with Crippen LogP contribution in [0.1, 0.15) is 17.5 Å². The largest absolute Gasteiger partial charge is 0.497 e. The minimum absolute atomic E-state index is 0.360. The molecule has 3 aromatic rings. The molecule has 3 rings (SSSR count). The molecule has 0 saturated heterocycles. The summed E-state index contributed by atoms with van der Waals surface area (Å²) in [6.45, 7) is 0.360. The first-order valence-corrected chi connectivity index (χ1v) is 10.1. The Balaban J connectivity index is 1.51. The zero-order valence-corrected chi connectivity index (χ0v) is 18.1. The van der Waals surface area contributed by atoms with Gasteiger partial charge in [-0.15, -0.1) is 0 Å². The summed E-state index contributed by atoms with van der Waals surface area (Å²) >= 11 is 5.90. The number of carbonyl (C=O) groups excluding carboxylic acids is 2. The van der Waals surface area contributed by atoms with E-state index in [1.165, 1.54) is 13.3 Å². The Morgan fingerprint density at radius 1 is 1.00 bits per heavy atom. The van der Waals surface area contributed by atoms with Crippen molar-refractivity contribution in [2.45, 2.75) is 13.0 Å². The van der Waals surface area contributed by atoms with Crippen molar-refractivity contribution in [1.29, 1.82) is 0 Å². The van der Waals surface area contributed by atoms with Gasteiger partial charge in [-0.2, -0.15) is 5.10 Å². The van der Waals surface area contributed by atoms with Crippen LogP contribution in [0.25, 0.3) is 0 Å². The molecule has 0 unspecified atom stereocenters. The number of hydrogen-bond donors (Lipinski definition) is 2. The summed E-state index contributed by atoms with van der Waals surface area (Å²) in [5.41, 5.74) is 4.54. The number of benzene rings is 3. The van der Waals surface area contributed by atoms with Crippen LogP contribution in [0.5, 0.6) is 11.5 Å². The van der Waals surface area contributed by atoms with Crippen LogP contribution in [-0.4, -0.2) is 25.1 Å². The summed E-state index contributed by atoms with van der Waals surface area (Å²) in [5.74, 6) is 0.212. The molecule has 2 N–H and O–H groups in total. The lowest BCUT2D eigenvalue weighted by Crippen LogP contribution is -2.24. The second-order valence-electron chi connectivity index (χ2n) is 6.70. The summed E-state index contributed by atoms with van der Waals surface area (Å²) in [4.78, 5) is 24.1. The molecule has 0 aliphatic rings. The van der Waals surface area contributed by atoms with Crippen molar-refractivity contribution in [3.05, 3.63) is 88.9 Å². The zero-order chi connectivity index (χ0) is 22.8. The molecule has 2 amide bonds. The first kappa shape index (κ1) is 22.8. The Morgan fingerprint density at radius 3 is 2.56 bits per heavy atom. The maximum Gasteiger partial charge on any atom is 0.249 e. The minimum Gasteiger partial charge on any atom is -0.497 e. The monoisotopic (exact) mass is 451 g/mol. The van der Waals surface area contributed by atoms with E-state index < -0.39 is 11.8 Å². The molecule has 32 heavy (non-hydrogen) atoms. The molecule has 0 heterocycles. The molecular weight excluding hydrogens is 430 g/mol. The van der Waals surface area contributed by atoms with Crippen molar-refractivity contribution in [1.82, 2.24) is 5.43 Å². The van der Waals surface area contributed by atoms with Gasteiger partial charge in [-0.05, 0) is 42.0 Å². The number of halogens is 1. The maximum atomic E-state index is 12.1. The maximum absolute atomic E-state index is 12.1. The lowest BCUT2D eigenvalue weighted by Gasteiger charge is -2.09. The lowest BCUT2D eigenvalue weighted by molar-refractivity contribution is -0.126. The molecule has 0 radical (unpaired) electrons. The number of rotatable bonds is 9. The molecule has 0 aliphatic heterocycles. The van der Waals surface area contributed by atoms with E-state index in [4.69, 9.17) is 21.1 Å². The van der Waals surface area contributed by atoms with Gasteiger partial charge in [0.15, 0.2) is 0 Å². The number of para-hydroxylation sites is 1. The van der Waals surface area contributed by atoms with Crippen LogP contribution in [0.4, 0.5) is 5.69 Å². The smallest absolute Gasteiger partial charge is 0.249 e. The van der Waals surface area contributed by atoms with Crippen molar-refractivity contribution in [2.24, 2.45) is 5.10 Å². The Kier molecular flexibility index (Phi) is 8.22. The summed E-state index contributed by atoms with van der Waals surface area (Å²) in [7, 11) is 1.53.